The fraction of sp³-hybridized carbons (Fsp3) is 0.917. The van der Waals surface area contributed by atoms with E-state index >= 15 is 0 Å². The van der Waals surface area contributed by atoms with Crippen LogP contribution in [0.3, 0.4) is 0 Å². The second-order valence-corrected chi connectivity index (χ2v) is 5.52. The Balaban J connectivity index is 2.47. The maximum absolute atomic E-state index is 11.6. The first-order chi connectivity index (χ1) is 7.36. The van der Waals surface area contributed by atoms with E-state index < -0.39 is 5.41 Å². The van der Waals surface area contributed by atoms with Crippen LogP contribution in [0.4, 0.5) is 0 Å². The molecule has 1 heterocycles. The number of ether oxygens (including phenoxy) is 1. The van der Waals surface area contributed by atoms with E-state index in [1.165, 1.54) is 13.5 Å². The maximum atomic E-state index is 11.6. The van der Waals surface area contributed by atoms with Gasteiger partial charge in [0.2, 0.25) is 0 Å². The summed E-state index contributed by atoms with van der Waals surface area (Å²) in [6, 6.07) is 0.619. The van der Waals surface area contributed by atoms with Crippen molar-refractivity contribution >= 4 is 5.97 Å². The second kappa shape index (κ2) is 5.15. The smallest absolute Gasteiger partial charge is 0.312 e. The predicted octanol–water partition coefficient (Wildman–Crippen LogP) is 0.821. The number of rotatable bonds is 4. The van der Waals surface area contributed by atoms with Crippen LogP contribution in [-0.2, 0) is 9.53 Å². The van der Waals surface area contributed by atoms with Crippen LogP contribution >= 0.6 is 0 Å². The van der Waals surface area contributed by atoms with Gasteiger partial charge in [-0.25, -0.2) is 0 Å². The molecule has 0 aromatic carbocycles. The van der Waals surface area contributed by atoms with Crippen molar-refractivity contribution in [1.82, 2.24) is 9.80 Å². The third kappa shape index (κ3) is 3.19. The molecule has 4 heteroatoms. The van der Waals surface area contributed by atoms with Gasteiger partial charge in [0.05, 0.1) is 12.5 Å². The molecule has 0 spiro atoms. The van der Waals surface area contributed by atoms with Gasteiger partial charge in [-0.05, 0) is 40.9 Å². The molecule has 1 atom stereocenters. The van der Waals surface area contributed by atoms with Crippen LogP contribution in [0, 0.1) is 5.41 Å². The van der Waals surface area contributed by atoms with Crippen molar-refractivity contribution in [3.05, 3.63) is 0 Å². The van der Waals surface area contributed by atoms with E-state index in [9.17, 15) is 4.79 Å². The molecule has 0 N–H and O–H groups in total. The molecule has 1 rings (SSSR count). The molecular weight excluding hydrogens is 204 g/mol. The van der Waals surface area contributed by atoms with Gasteiger partial charge in [0.1, 0.15) is 0 Å². The Hall–Kier alpha value is -0.610. The standard InChI is InChI=1S/C12H24N2O2/c1-12(2,11(15)16-5)9-14-7-6-10(8-14)13(3)4/h10H,6-9H2,1-5H3. The molecule has 1 aliphatic rings. The number of methoxy groups -OCH3 is 1. The van der Waals surface area contributed by atoms with Crippen molar-refractivity contribution in [2.24, 2.45) is 5.41 Å². The SMILES string of the molecule is COC(=O)C(C)(C)CN1CCC(N(C)C)C1. The number of likely N-dealkylation sites (N-methyl/N-ethyl adjacent to an activating group) is 1. The van der Waals surface area contributed by atoms with Crippen molar-refractivity contribution < 1.29 is 9.53 Å². The minimum absolute atomic E-state index is 0.124. The van der Waals surface area contributed by atoms with Gasteiger partial charge in [0.15, 0.2) is 0 Å². The van der Waals surface area contributed by atoms with Crippen LogP contribution in [0.25, 0.3) is 0 Å². The minimum Gasteiger partial charge on any atom is -0.469 e. The van der Waals surface area contributed by atoms with Crippen LogP contribution < -0.4 is 0 Å². The summed E-state index contributed by atoms with van der Waals surface area (Å²) in [7, 11) is 5.68. The number of nitrogens with zero attached hydrogens (tertiary/aromatic N) is 2. The zero-order valence-electron chi connectivity index (χ0n) is 11.1. The Labute approximate surface area is 98.5 Å². The lowest BCUT2D eigenvalue weighted by molar-refractivity contribution is -0.151. The Kier molecular flexibility index (Phi) is 4.33. The first-order valence-corrected chi connectivity index (χ1v) is 5.84. The largest absolute Gasteiger partial charge is 0.469 e. The Bertz CT molecular complexity index is 251. The summed E-state index contributed by atoms with van der Waals surface area (Å²) >= 11 is 0. The van der Waals surface area contributed by atoms with Gasteiger partial charge in [-0.1, -0.05) is 0 Å². The molecule has 0 bridgehead atoms. The number of likely N-dealkylation sites (tertiary alicyclic amines) is 1. The highest BCUT2D eigenvalue weighted by Crippen LogP contribution is 2.22. The highest BCUT2D eigenvalue weighted by molar-refractivity contribution is 5.76. The van der Waals surface area contributed by atoms with E-state index in [1.807, 2.05) is 13.8 Å². The molecular formula is C12H24N2O2. The average Bonchev–Trinajstić information content (AvgIpc) is 2.64. The molecule has 0 saturated carbocycles. The quantitative estimate of drug-likeness (QED) is 0.667. The van der Waals surface area contributed by atoms with Gasteiger partial charge in [-0.2, -0.15) is 0 Å². The van der Waals surface area contributed by atoms with E-state index in [2.05, 4.69) is 23.9 Å². The summed E-state index contributed by atoms with van der Waals surface area (Å²) in [5.41, 5.74) is -0.407. The van der Waals surface area contributed by atoms with Crippen LogP contribution in [0.1, 0.15) is 20.3 Å². The first kappa shape index (κ1) is 13.5. The molecule has 94 valence electrons. The normalized spacial score (nSPS) is 22.8. The van der Waals surface area contributed by atoms with Gasteiger partial charge in [0, 0.05) is 19.1 Å². The monoisotopic (exact) mass is 228 g/mol. The lowest BCUT2D eigenvalue weighted by Gasteiger charge is -2.28. The highest BCUT2D eigenvalue weighted by atomic mass is 16.5. The van der Waals surface area contributed by atoms with E-state index in [0.717, 1.165) is 19.6 Å². The molecule has 16 heavy (non-hydrogen) atoms. The summed E-state index contributed by atoms with van der Waals surface area (Å²) in [5, 5.41) is 0. The van der Waals surface area contributed by atoms with Crippen LogP contribution in [-0.4, -0.2) is 62.7 Å². The Morgan fingerprint density at radius 1 is 1.50 bits per heavy atom. The lowest BCUT2D eigenvalue weighted by atomic mass is 9.93. The third-order valence-corrected chi connectivity index (χ3v) is 3.33. The fourth-order valence-electron chi connectivity index (χ4n) is 2.28. The third-order valence-electron chi connectivity index (χ3n) is 3.33. The van der Waals surface area contributed by atoms with E-state index in [4.69, 9.17) is 4.74 Å². The van der Waals surface area contributed by atoms with E-state index in [0.29, 0.717) is 6.04 Å². The number of hydrogen-bond acceptors (Lipinski definition) is 4. The van der Waals surface area contributed by atoms with Gasteiger partial charge < -0.3 is 14.5 Å². The zero-order chi connectivity index (χ0) is 12.3. The average molecular weight is 228 g/mol. The predicted molar refractivity (Wildman–Crippen MR) is 64.3 cm³/mol. The van der Waals surface area contributed by atoms with E-state index in [-0.39, 0.29) is 5.97 Å². The van der Waals surface area contributed by atoms with Crippen LogP contribution in [0.2, 0.25) is 0 Å². The topological polar surface area (TPSA) is 32.8 Å². The Morgan fingerprint density at radius 3 is 2.56 bits per heavy atom. The number of carbonyl (C=O) groups excluding carboxylic acids is 1. The highest BCUT2D eigenvalue weighted by Gasteiger charge is 2.34. The zero-order valence-corrected chi connectivity index (χ0v) is 11.1. The van der Waals surface area contributed by atoms with Crippen LogP contribution in [0.5, 0.6) is 0 Å². The summed E-state index contributed by atoms with van der Waals surface area (Å²) < 4.78 is 4.82. The molecule has 1 saturated heterocycles. The molecule has 0 aliphatic carbocycles. The second-order valence-electron chi connectivity index (χ2n) is 5.52. The van der Waals surface area contributed by atoms with E-state index in [1.54, 1.807) is 0 Å². The molecule has 1 fully saturated rings. The lowest BCUT2D eigenvalue weighted by Crippen LogP contribution is -2.40. The summed E-state index contributed by atoms with van der Waals surface area (Å²) in [4.78, 5) is 16.2. The van der Waals surface area contributed by atoms with Crippen molar-refractivity contribution in [2.75, 3.05) is 40.8 Å². The van der Waals surface area contributed by atoms with Gasteiger partial charge >= 0.3 is 5.97 Å². The van der Waals surface area contributed by atoms with Crippen LogP contribution in [0.15, 0.2) is 0 Å². The van der Waals surface area contributed by atoms with Crippen molar-refractivity contribution in [2.45, 2.75) is 26.3 Å². The number of carbonyl (C=O) groups is 1. The molecule has 0 aromatic heterocycles. The van der Waals surface area contributed by atoms with Crippen molar-refractivity contribution in [3.8, 4) is 0 Å². The Morgan fingerprint density at radius 2 is 2.12 bits per heavy atom. The maximum Gasteiger partial charge on any atom is 0.312 e. The van der Waals surface area contributed by atoms with Gasteiger partial charge in [0.25, 0.3) is 0 Å². The summed E-state index contributed by atoms with van der Waals surface area (Å²) in [5.74, 6) is -0.124. The number of hydrogen-bond donors (Lipinski definition) is 0. The molecule has 1 aliphatic heterocycles. The summed E-state index contributed by atoms with van der Waals surface area (Å²) in [6.07, 6.45) is 1.18. The minimum atomic E-state index is -0.407. The van der Waals surface area contributed by atoms with Crippen molar-refractivity contribution in [3.63, 3.8) is 0 Å². The molecule has 1 unspecified atom stereocenters. The summed E-state index contributed by atoms with van der Waals surface area (Å²) in [6.45, 7) is 6.80. The fourth-order valence-corrected chi connectivity index (χ4v) is 2.28. The number of esters is 1. The molecule has 0 radical (unpaired) electrons. The molecule has 0 aromatic rings. The van der Waals surface area contributed by atoms with Gasteiger partial charge in [-0.3, -0.25) is 4.79 Å². The first-order valence-electron chi connectivity index (χ1n) is 5.84. The van der Waals surface area contributed by atoms with Crippen molar-refractivity contribution in [1.29, 1.82) is 0 Å². The van der Waals surface area contributed by atoms with Gasteiger partial charge in [-0.15, -0.1) is 0 Å². The molecule has 4 nitrogen and oxygen atoms in total. The molecule has 0 amide bonds.